The molecule has 0 amide bonds. The molecule has 4 aromatic rings. The Bertz CT molecular complexity index is 1830. The third-order valence-corrected chi connectivity index (χ3v) is 7.62. The molecule has 0 aromatic heterocycles. The quantitative estimate of drug-likeness (QED) is 0.0541. The third-order valence-electron chi connectivity index (χ3n) is 7.62. The van der Waals surface area contributed by atoms with Crippen molar-refractivity contribution in [3.8, 4) is 46.0 Å². The number of hydrogen-bond acceptors (Lipinski definition) is 16. The third kappa shape index (κ3) is 7.55. The summed E-state index contributed by atoms with van der Waals surface area (Å²) in [6, 6.07) is 12.2. The van der Waals surface area contributed by atoms with Crippen LogP contribution in [0.5, 0.6) is 46.0 Å². The first kappa shape index (κ1) is 34.6. The number of esters is 3. The number of ether oxygens (including phenoxy) is 4. The lowest BCUT2D eigenvalue weighted by Gasteiger charge is -2.40. The van der Waals surface area contributed by atoms with Crippen LogP contribution in [0.1, 0.15) is 47.9 Å². The lowest BCUT2D eigenvalue weighted by Crippen LogP contribution is -2.55. The number of phenols is 8. The fourth-order valence-electron chi connectivity index (χ4n) is 4.95. The SMILES string of the molecule is O=C(C[C@H]1COC(OC(=O)c2ccc(O)c(O)c2)[C@H](OC(=O)c2ccc(O)c(O)c2)[C@H]1OC(=O)c1ccc(O)c(O)c1)c1ccc(O)c(O)c1. The van der Waals surface area contributed by atoms with Crippen molar-refractivity contribution in [1.82, 2.24) is 0 Å². The first-order chi connectivity index (χ1) is 23.7. The Labute approximate surface area is 281 Å². The van der Waals surface area contributed by atoms with Crippen molar-refractivity contribution >= 4 is 23.7 Å². The minimum Gasteiger partial charge on any atom is -0.504 e. The Balaban J connectivity index is 1.53. The van der Waals surface area contributed by atoms with Gasteiger partial charge in [-0.05, 0) is 72.8 Å². The van der Waals surface area contributed by atoms with Crippen LogP contribution in [0.4, 0.5) is 0 Å². The molecule has 0 aliphatic carbocycles. The highest BCUT2D eigenvalue weighted by Gasteiger charge is 2.48. The minimum atomic E-state index is -1.86. The monoisotopic (exact) mass is 692 g/mol. The molecule has 0 bridgehead atoms. The summed E-state index contributed by atoms with van der Waals surface area (Å²) < 4.78 is 22.5. The number of ketones is 1. The molecule has 1 fully saturated rings. The van der Waals surface area contributed by atoms with Crippen LogP contribution in [0.25, 0.3) is 0 Å². The number of aromatic hydroxyl groups is 8. The van der Waals surface area contributed by atoms with Crippen molar-refractivity contribution in [2.24, 2.45) is 5.92 Å². The van der Waals surface area contributed by atoms with E-state index in [1.54, 1.807) is 0 Å². The van der Waals surface area contributed by atoms with Gasteiger partial charge < -0.3 is 59.8 Å². The van der Waals surface area contributed by atoms with Crippen LogP contribution < -0.4 is 0 Å². The number of carbonyl (C=O) groups is 4. The number of phenolic OH excluding ortho intramolecular Hbond substituents is 8. The van der Waals surface area contributed by atoms with Crippen LogP contribution in [0, 0.1) is 5.92 Å². The summed E-state index contributed by atoms with van der Waals surface area (Å²) in [4.78, 5) is 53.2. The van der Waals surface area contributed by atoms with Gasteiger partial charge in [-0.3, -0.25) is 4.79 Å². The summed E-state index contributed by atoms with van der Waals surface area (Å²) in [5.74, 6) is -10.1. The summed E-state index contributed by atoms with van der Waals surface area (Å²) >= 11 is 0. The van der Waals surface area contributed by atoms with Gasteiger partial charge in [0.2, 0.25) is 12.4 Å². The average Bonchev–Trinajstić information content (AvgIpc) is 3.08. The van der Waals surface area contributed by atoms with Gasteiger partial charge in [-0.2, -0.15) is 0 Å². The summed E-state index contributed by atoms with van der Waals surface area (Å²) in [7, 11) is 0. The van der Waals surface area contributed by atoms with Crippen molar-refractivity contribution in [3.05, 3.63) is 95.1 Å². The molecule has 1 unspecified atom stereocenters. The van der Waals surface area contributed by atoms with E-state index in [1.807, 2.05) is 0 Å². The Hall–Kier alpha value is -6.68. The van der Waals surface area contributed by atoms with Crippen LogP contribution in [0.3, 0.4) is 0 Å². The summed E-state index contributed by atoms with van der Waals surface area (Å²) in [5.41, 5.74) is -0.959. The molecule has 16 nitrogen and oxygen atoms in total. The van der Waals surface area contributed by atoms with Crippen LogP contribution in [-0.4, -0.2) is 89.6 Å². The highest BCUT2D eigenvalue weighted by Crippen LogP contribution is 2.35. The molecule has 0 radical (unpaired) electrons. The fourth-order valence-corrected chi connectivity index (χ4v) is 4.95. The molecule has 260 valence electrons. The molecule has 0 spiro atoms. The maximum atomic E-state index is 13.4. The van der Waals surface area contributed by atoms with Gasteiger partial charge in [-0.15, -0.1) is 0 Å². The molecule has 0 saturated carbocycles. The maximum absolute atomic E-state index is 13.4. The molecule has 1 aliphatic rings. The zero-order valence-electron chi connectivity index (χ0n) is 25.5. The molecule has 1 saturated heterocycles. The van der Waals surface area contributed by atoms with E-state index >= 15 is 0 Å². The molecule has 1 aliphatic heterocycles. The van der Waals surface area contributed by atoms with E-state index in [0.29, 0.717) is 0 Å². The molecule has 8 N–H and O–H groups in total. The van der Waals surface area contributed by atoms with Crippen molar-refractivity contribution in [1.29, 1.82) is 0 Å². The van der Waals surface area contributed by atoms with Gasteiger partial charge in [0.25, 0.3) is 0 Å². The smallest absolute Gasteiger partial charge is 0.340 e. The highest BCUT2D eigenvalue weighted by atomic mass is 16.7. The van der Waals surface area contributed by atoms with E-state index in [-0.39, 0.29) is 22.3 Å². The van der Waals surface area contributed by atoms with Crippen LogP contribution in [0.2, 0.25) is 0 Å². The molecule has 5 rings (SSSR count). The molecule has 1 heterocycles. The predicted octanol–water partition coefficient (Wildman–Crippen LogP) is 3.18. The van der Waals surface area contributed by atoms with Crippen LogP contribution in [0.15, 0.2) is 72.8 Å². The van der Waals surface area contributed by atoms with Gasteiger partial charge in [0.15, 0.2) is 57.9 Å². The molecule has 4 atom stereocenters. The lowest BCUT2D eigenvalue weighted by molar-refractivity contribution is -0.237. The number of carbonyl (C=O) groups excluding carboxylic acids is 4. The summed E-state index contributed by atoms with van der Waals surface area (Å²) in [6.45, 7) is -0.471. The second-order valence-corrected chi connectivity index (χ2v) is 11.0. The largest absolute Gasteiger partial charge is 0.504 e. The van der Waals surface area contributed by atoms with Gasteiger partial charge in [0.1, 0.15) is 0 Å². The molecular weight excluding hydrogens is 664 g/mol. The first-order valence-corrected chi connectivity index (χ1v) is 14.6. The lowest BCUT2D eigenvalue weighted by atomic mass is 9.88. The number of Topliss-reactive ketones (excluding diaryl/α,β-unsaturated/α-hetero) is 1. The van der Waals surface area contributed by atoms with E-state index in [4.69, 9.17) is 18.9 Å². The second kappa shape index (κ2) is 14.2. The number of rotatable bonds is 9. The molecule has 16 heteroatoms. The Morgan fingerprint density at radius 1 is 0.500 bits per heavy atom. The van der Waals surface area contributed by atoms with E-state index in [0.717, 1.165) is 66.7 Å². The predicted molar refractivity (Wildman–Crippen MR) is 165 cm³/mol. The molecular formula is C34H28O16. The molecule has 4 aromatic carbocycles. The van der Waals surface area contributed by atoms with Gasteiger partial charge in [0.05, 0.1) is 23.3 Å². The minimum absolute atomic E-state index is 0.0670. The highest BCUT2D eigenvalue weighted by molar-refractivity contribution is 5.97. The van der Waals surface area contributed by atoms with E-state index < -0.39 is 107 Å². The Morgan fingerprint density at radius 2 is 0.860 bits per heavy atom. The zero-order valence-corrected chi connectivity index (χ0v) is 25.5. The number of hydrogen-bond donors (Lipinski definition) is 8. The standard InChI is InChI=1S/C34H28O16/c35-20-5-1-15(9-25(20)40)24(39)13-19-14-47-34(50-33(46)18-4-8-23(38)28(43)12-18)30(49-32(45)17-3-7-22(37)27(42)11-17)29(19)48-31(44)16-2-6-21(36)26(41)10-16/h1-12,19,29-30,34-38,40-43H,13-14H2/t19-,29-,30+,34?/m0/s1. The number of benzene rings is 4. The van der Waals surface area contributed by atoms with Crippen LogP contribution in [-0.2, 0) is 18.9 Å². The summed E-state index contributed by atoms with van der Waals surface area (Å²) in [6.07, 6.45) is -5.88. The second-order valence-electron chi connectivity index (χ2n) is 11.0. The van der Waals surface area contributed by atoms with Crippen molar-refractivity contribution in [2.75, 3.05) is 6.61 Å². The average molecular weight is 693 g/mol. The fraction of sp³-hybridized carbons (Fsp3) is 0.176. The van der Waals surface area contributed by atoms with Crippen molar-refractivity contribution < 1.29 is 79.0 Å². The van der Waals surface area contributed by atoms with Crippen LogP contribution >= 0.6 is 0 Å². The van der Waals surface area contributed by atoms with Gasteiger partial charge in [0, 0.05) is 17.9 Å². The van der Waals surface area contributed by atoms with Crippen molar-refractivity contribution in [3.63, 3.8) is 0 Å². The van der Waals surface area contributed by atoms with E-state index in [9.17, 15) is 60.0 Å². The van der Waals surface area contributed by atoms with Gasteiger partial charge in [-0.1, -0.05) is 0 Å². The van der Waals surface area contributed by atoms with E-state index in [1.165, 1.54) is 6.07 Å². The maximum Gasteiger partial charge on any atom is 0.340 e. The first-order valence-electron chi connectivity index (χ1n) is 14.6. The molecule has 50 heavy (non-hydrogen) atoms. The Kier molecular flexibility index (Phi) is 9.84. The summed E-state index contributed by atoms with van der Waals surface area (Å²) in [5, 5.41) is 78.4. The topological polar surface area (TPSA) is 267 Å². The zero-order chi connectivity index (χ0) is 36.3. The van der Waals surface area contributed by atoms with Gasteiger partial charge >= 0.3 is 17.9 Å². The Morgan fingerprint density at radius 3 is 1.28 bits per heavy atom. The van der Waals surface area contributed by atoms with Gasteiger partial charge in [-0.25, -0.2) is 14.4 Å². The van der Waals surface area contributed by atoms with Crippen molar-refractivity contribution in [2.45, 2.75) is 24.9 Å². The normalized spacial score (nSPS) is 18.5. The van der Waals surface area contributed by atoms with E-state index in [2.05, 4.69) is 0 Å².